The molecule has 0 aromatic heterocycles. The number of nitriles is 4. The summed E-state index contributed by atoms with van der Waals surface area (Å²) in [4.78, 5) is 0. The molecule has 0 aliphatic heterocycles. The first-order valence-electron chi connectivity index (χ1n) is 14.8. The molecule has 10 heteroatoms. The van der Waals surface area contributed by atoms with Crippen LogP contribution in [0.2, 0.25) is 0 Å². The summed E-state index contributed by atoms with van der Waals surface area (Å²) in [5, 5.41) is 39.9. The van der Waals surface area contributed by atoms with E-state index in [-0.39, 0.29) is 11.1 Å². The lowest BCUT2D eigenvalue weighted by Gasteiger charge is -2.10. The second-order valence-corrected chi connectivity index (χ2v) is 11.6. The number of allylic oxidation sites excluding steroid dienone is 2. The minimum atomic E-state index is -4.50. The monoisotopic (exact) mass is 666 g/mol. The van der Waals surface area contributed by atoms with Crippen LogP contribution in [-0.2, 0) is 12.4 Å². The summed E-state index contributed by atoms with van der Waals surface area (Å²) in [6.07, 6.45) is -9.01. The van der Waals surface area contributed by atoms with Gasteiger partial charge in [0.15, 0.2) is 0 Å². The fraction of sp³-hybridized carbons (Fsp3) is 0.0500. The first-order valence-corrected chi connectivity index (χ1v) is 14.8. The van der Waals surface area contributed by atoms with Crippen molar-refractivity contribution >= 4 is 11.1 Å². The molecule has 0 atom stereocenters. The molecule has 0 heterocycles. The summed E-state index contributed by atoms with van der Waals surface area (Å²) in [5.74, 6) is 0. The molecule has 238 valence electrons. The lowest BCUT2D eigenvalue weighted by atomic mass is 9.93. The van der Waals surface area contributed by atoms with Gasteiger partial charge in [-0.25, -0.2) is 0 Å². The van der Waals surface area contributed by atoms with Crippen molar-refractivity contribution in [2.75, 3.05) is 0 Å². The molecule has 5 aromatic rings. The van der Waals surface area contributed by atoms with E-state index < -0.39 is 23.5 Å². The number of rotatable bonds is 2. The summed E-state index contributed by atoms with van der Waals surface area (Å²) in [5.41, 5.74) is 5.39. The minimum absolute atomic E-state index is 0.184. The number of fused-ring (bicyclic) bond motifs is 6. The van der Waals surface area contributed by atoms with Crippen molar-refractivity contribution in [2.24, 2.45) is 0 Å². The van der Waals surface area contributed by atoms with E-state index in [0.717, 1.165) is 24.3 Å². The van der Waals surface area contributed by atoms with E-state index in [0.29, 0.717) is 77.9 Å². The highest BCUT2D eigenvalue weighted by molar-refractivity contribution is 6.11. The fourth-order valence-corrected chi connectivity index (χ4v) is 6.60. The lowest BCUT2D eigenvalue weighted by Crippen LogP contribution is -2.03. The second-order valence-electron chi connectivity index (χ2n) is 11.6. The first-order chi connectivity index (χ1) is 23.9. The Kier molecular flexibility index (Phi) is 7.21. The molecule has 0 radical (unpaired) electrons. The van der Waals surface area contributed by atoms with Crippen LogP contribution in [0, 0.1) is 45.3 Å². The van der Waals surface area contributed by atoms with Crippen LogP contribution in [-0.4, -0.2) is 0 Å². The molecule has 0 unspecified atom stereocenters. The standard InChI is InChI=1S/C40H16F6N4/c41-39(42,43)27-7-1-21(2-8-27)23-5-11-29-31-15-36-32(16-35(31)37(33(29)13-23)25(17-47)18-48)30-12-6-24(14-34(30)38(36)26(19-49)20-50)22-3-9-28(10-4-22)40(44,45)46/h1-16H. The quantitative estimate of drug-likeness (QED) is 0.136. The maximum Gasteiger partial charge on any atom is 0.416 e. The van der Waals surface area contributed by atoms with Crippen molar-refractivity contribution in [3.63, 3.8) is 0 Å². The Balaban J connectivity index is 1.41. The molecular weight excluding hydrogens is 650 g/mol. The Morgan fingerprint density at radius 3 is 0.960 bits per heavy atom. The van der Waals surface area contributed by atoms with E-state index in [4.69, 9.17) is 0 Å². The van der Waals surface area contributed by atoms with Crippen LogP contribution in [0.15, 0.2) is 108 Å². The molecule has 0 saturated carbocycles. The summed E-state index contributed by atoms with van der Waals surface area (Å²) in [6.45, 7) is 0. The average molecular weight is 667 g/mol. The summed E-state index contributed by atoms with van der Waals surface area (Å²) in [7, 11) is 0. The Hall–Kier alpha value is -6.88. The summed E-state index contributed by atoms with van der Waals surface area (Å²) >= 11 is 0. The molecule has 50 heavy (non-hydrogen) atoms. The van der Waals surface area contributed by atoms with Gasteiger partial charge in [0.25, 0.3) is 0 Å². The highest BCUT2D eigenvalue weighted by Crippen LogP contribution is 2.54. The number of halogens is 6. The third-order valence-corrected chi connectivity index (χ3v) is 8.89. The molecule has 0 saturated heterocycles. The predicted molar refractivity (Wildman–Crippen MR) is 173 cm³/mol. The largest absolute Gasteiger partial charge is 0.416 e. The maximum atomic E-state index is 13.2. The topological polar surface area (TPSA) is 95.2 Å². The van der Waals surface area contributed by atoms with Crippen molar-refractivity contribution < 1.29 is 26.3 Å². The smallest absolute Gasteiger partial charge is 0.192 e. The Morgan fingerprint density at radius 1 is 0.360 bits per heavy atom. The third-order valence-electron chi connectivity index (χ3n) is 8.89. The van der Waals surface area contributed by atoms with Gasteiger partial charge in [0.05, 0.1) is 11.1 Å². The zero-order chi connectivity index (χ0) is 35.5. The van der Waals surface area contributed by atoms with Gasteiger partial charge in [-0.2, -0.15) is 47.4 Å². The lowest BCUT2D eigenvalue weighted by molar-refractivity contribution is -0.138. The highest BCUT2D eigenvalue weighted by Gasteiger charge is 2.35. The third kappa shape index (κ3) is 4.99. The zero-order valence-corrected chi connectivity index (χ0v) is 25.3. The normalized spacial score (nSPS) is 12.4. The van der Waals surface area contributed by atoms with Gasteiger partial charge in [0, 0.05) is 11.1 Å². The van der Waals surface area contributed by atoms with Crippen LogP contribution in [0.4, 0.5) is 26.3 Å². The summed E-state index contributed by atoms with van der Waals surface area (Å²) < 4.78 is 79.2. The second kappa shape index (κ2) is 11.4. The van der Waals surface area contributed by atoms with Crippen LogP contribution >= 0.6 is 0 Å². The zero-order valence-electron chi connectivity index (χ0n) is 25.3. The van der Waals surface area contributed by atoms with Crippen molar-refractivity contribution in [3.05, 3.63) is 142 Å². The SMILES string of the molecule is N#CC(C#N)=C1c2cc(-c3ccc(C(F)(F)F)cc3)ccc2-c2cc3c(cc21)-c1ccc(-c2ccc(C(F)(F)F)cc2)cc1C3=C(C#N)C#N. The molecular formula is C40H16F6N4. The number of nitrogens with zero attached hydrogens (tertiary/aromatic N) is 4. The molecule has 5 aromatic carbocycles. The van der Waals surface area contributed by atoms with Crippen molar-refractivity contribution in [3.8, 4) is 68.8 Å². The predicted octanol–water partition coefficient (Wildman–Crippen LogP) is 10.7. The number of benzene rings is 5. The van der Waals surface area contributed by atoms with Crippen LogP contribution < -0.4 is 0 Å². The van der Waals surface area contributed by atoms with Gasteiger partial charge in [0.2, 0.25) is 0 Å². The number of alkyl halides is 6. The fourth-order valence-electron chi connectivity index (χ4n) is 6.60. The molecule has 0 spiro atoms. The van der Waals surface area contributed by atoms with Crippen molar-refractivity contribution in [1.29, 1.82) is 21.0 Å². The highest BCUT2D eigenvalue weighted by atomic mass is 19.4. The average Bonchev–Trinajstić information content (AvgIpc) is 3.59. The van der Waals surface area contributed by atoms with Crippen LogP contribution in [0.3, 0.4) is 0 Å². The van der Waals surface area contributed by atoms with E-state index >= 15 is 0 Å². The molecule has 4 nitrogen and oxygen atoms in total. The molecule has 2 aliphatic carbocycles. The van der Waals surface area contributed by atoms with Gasteiger partial charge in [-0.05, 0) is 115 Å². The number of hydrogen-bond acceptors (Lipinski definition) is 4. The maximum absolute atomic E-state index is 13.2. The minimum Gasteiger partial charge on any atom is -0.192 e. The van der Waals surface area contributed by atoms with Gasteiger partial charge in [0.1, 0.15) is 35.4 Å². The van der Waals surface area contributed by atoms with Crippen LogP contribution in [0.5, 0.6) is 0 Å². The van der Waals surface area contributed by atoms with Crippen LogP contribution in [0.25, 0.3) is 55.7 Å². The molecule has 7 rings (SSSR count). The molecule has 0 fully saturated rings. The van der Waals surface area contributed by atoms with E-state index in [2.05, 4.69) is 0 Å². The van der Waals surface area contributed by atoms with Gasteiger partial charge in [-0.3, -0.25) is 0 Å². The van der Waals surface area contributed by atoms with E-state index in [9.17, 15) is 47.4 Å². The van der Waals surface area contributed by atoms with Crippen molar-refractivity contribution in [1.82, 2.24) is 0 Å². The Bertz CT molecular complexity index is 2310. The Morgan fingerprint density at radius 2 is 0.660 bits per heavy atom. The van der Waals surface area contributed by atoms with Crippen molar-refractivity contribution in [2.45, 2.75) is 12.4 Å². The molecule has 2 aliphatic rings. The molecule has 0 amide bonds. The van der Waals surface area contributed by atoms with Gasteiger partial charge >= 0.3 is 12.4 Å². The Labute approximate surface area is 280 Å². The van der Waals surface area contributed by atoms with E-state index in [1.807, 2.05) is 24.3 Å². The van der Waals surface area contributed by atoms with E-state index in [1.54, 1.807) is 48.5 Å². The first kappa shape index (κ1) is 31.7. The molecule has 0 bridgehead atoms. The van der Waals surface area contributed by atoms with Crippen LogP contribution in [0.1, 0.15) is 33.4 Å². The molecule has 0 N–H and O–H groups in total. The van der Waals surface area contributed by atoms with Gasteiger partial charge in [-0.15, -0.1) is 0 Å². The van der Waals surface area contributed by atoms with Gasteiger partial charge < -0.3 is 0 Å². The van der Waals surface area contributed by atoms with E-state index in [1.165, 1.54) is 24.3 Å². The van der Waals surface area contributed by atoms with Gasteiger partial charge in [-0.1, -0.05) is 48.5 Å². The number of hydrogen-bond donors (Lipinski definition) is 0. The summed E-state index contributed by atoms with van der Waals surface area (Å²) in [6, 6.07) is 31.0.